The van der Waals surface area contributed by atoms with E-state index in [0.29, 0.717) is 6.42 Å². The van der Waals surface area contributed by atoms with E-state index in [2.05, 4.69) is 0 Å². The van der Waals surface area contributed by atoms with Crippen molar-refractivity contribution in [1.82, 2.24) is 0 Å². The van der Waals surface area contributed by atoms with E-state index in [4.69, 9.17) is 5.73 Å². The van der Waals surface area contributed by atoms with Crippen LogP contribution in [-0.4, -0.2) is 11.9 Å². The summed E-state index contributed by atoms with van der Waals surface area (Å²) in [5.74, 6) is -0.282. The molecule has 1 amide bonds. The van der Waals surface area contributed by atoms with Crippen molar-refractivity contribution in [3.05, 3.63) is 60.2 Å². The van der Waals surface area contributed by atoms with Gasteiger partial charge in [0.05, 0.1) is 0 Å². The van der Waals surface area contributed by atoms with Crippen LogP contribution in [0.2, 0.25) is 0 Å². The Labute approximate surface area is 106 Å². The minimum absolute atomic E-state index is 0.282. The summed E-state index contributed by atoms with van der Waals surface area (Å²) in [5.41, 5.74) is 8.78. The molecule has 90 valence electrons. The molecular formula is C15H14N2O. The SMILES string of the molecule is NC(=O)C1Cc2ccccc2N1c1ccccc1. The molecule has 3 nitrogen and oxygen atoms in total. The normalized spacial score (nSPS) is 17.6. The molecule has 0 spiro atoms. The molecule has 1 unspecified atom stereocenters. The Morgan fingerprint density at radius 1 is 1.06 bits per heavy atom. The fourth-order valence-electron chi connectivity index (χ4n) is 2.52. The van der Waals surface area contributed by atoms with E-state index in [-0.39, 0.29) is 11.9 Å². The fourth-order valence-corrected chi connectivity index (χ4v) is 2.52. The van der Waals surface area contributed by atoms with E-state index in [1.807, 2.05) is 59.5 Å². The van der Waals surface area contributed by atoms with Crippen molar-refractivity contribution in [2.75, 3.05) is 4.90 Å². The number of rotatable bonds is 2. The molecular weight excluding hydrogens is 224 g/mol. The van der Waals surface area contributed by atoms with Crippen molar-refractivity contribution < 1.29 is 4.79 Å². The first-order chi connectivity index (χ1) is 8.77. The first-order valence-corrected chi connectivity index (χ1v) is 5.99. The van der Waals surface area contributed by atoms with E-state index in [9.17, 15) is 4.79 Å². The van der Waals surface area contributed by atoms with Crippen LogP contribution >= 0.6 is 0 Å². The summed E-state index contributed by atoms with van der Waals surface area (Å²) in [5, 5.41) is 0. The predicted molar refractivity (Wildman–Crippen MR) is 71.7 cm³/mol. The number of nitrogens with zero attached hydrogens (tertiary/aromatic N) is 1. The van der Waals surface area contributed by atoms with Crippen LogP contribution in [0.4, 0.5) is 11.4 Å². The molecule has 1 aliphatic rings. The van der Waals surface area contributed by atoms with Gasteiger partial charge in [0.2, 0.25) is 5.91 Å². The molecule has 0 fully saturated rings. The van der Waals surface area contributed by atoms with Gasteiger partial charge in [-0.1, -0.05) is 36.4 Å². The molecule has 0 saturated heterocycles. The van der Waals surface area contributed by atoms with E-state index >= 15 is 0 Å². The molecule has 2 aromatic carbocycles. The Kier molecular flexibility index (Phi) is 2.52. The van der Waals surface area contributed by atoms with Crippen molar-refractivity contribution in [3.63, 3.8) is 0 Å². The predicted octanol–water partition coefficient (Wildman–Crippen LogP) is 2.23. The van der Waals surface area contributed by atoms with Gasteiger partial charge in [-0.25, -0.2) is 0 Å². The first kappa shape index (κ1) is 10.8. The lowest BCUT2D eigenvalue weighted by molar-refractivity contribution is -0.119. The van der Waals surface area contributed by atoms with Gasteiger partial charge in [0.25, 0.3) is 0 Å². The second-order valence-corrected chi connectivity index (χ2v) is 4.46. The molecule has 18 heavy (non-hydrogen) atoms. The maximum Gasteiger partial charge on any atom is 0.240 e. The number of carbonyl (C=O) groups excluding carboxylic acids is 1. The first-order valence-electron chi connectivity index (χ1n) is 5.99. The zero-order valence-electron chi connectivity index (χ0n) is 9.91. The van der Waals surface area contributed by atoms with Gasteiger partial charge in [-0.2, -0.15) is 0 Å². The number of hydrogen-bond donors (Lipinski definition) is 1. The standard InChI is InChI=1S/C15H14N2O/c16-15(18)14-10-11-6-4-5-9-13(11)17(14)12-7-2-1-3-8-12/h1-9,14H,10H2,(H2,16,18). The van der Waals surface area contributed by atoms with Crippen LogP contribution < -0.4 is 10.6 Å². The van der Waals surface area contributed by atoms with E-state index in [1.54, 1.807) is 0 Å². The van der Waals surface area contributed by atoms with Crippen LogP contribution in [0.25, 0.3) is 0 Å². The van der Waals surface area contributed by atoms with E-state index in [1.165, 1.54) is 5.56 Å². The van der Waals surface area contributed by atoms with Crippen LogP contribution in [0, 0.1) is 0 Å². The molecule has 0 aromatic heterocycles. The number of nitrogens with two attached hydrogens (primary N) is 1. The zero-order chi connectivity index (χ0) is 12.5. The highest BCUT2D eigenvalue weighted by Gasteiger charge is 2.33. The summed E-state index contributed by atoms with van der Waals surface area (Å²) < 4.78 is 0. The van der Waals surface area contributed by atoms with Gasteiger partial charge in [0.1, 0.15) is 6.04 Å². The van der Waals surface area contributed by atoms with Gasteiger partial charge in [-0.15, -0.1) is 0 Å². The Bertz CT molecular complexity index is 580. The fraction of sp³-hybridized carbons (Fsp3) is 0.133. The Morgan fingerprint density at radius 3 is 2.44 bits per heavy atom. The van der Waals surface area contributed by atoms with Crippen LogP contribution in [0.3, 0.4) is 0 Å². The number of anilines is 2. The molecule has 1 aliphatic heterocycles. The summed E-state index contributed by atoms with van der Waals surface area (Å²) in [6.07, 6.45) is 0.681. The maximum atomic E-state index is 11.6. The number of primary amides is 1. The minimum atomic E-state index is -0.287. The Morgan fingerprint density at radius 2 is 1.72 bits per heavy atom. The maximum absolute atomic E-state index is 11.6. The van der Waals surface area contributed by atoms with Crippen molar-refractivity contribution >= 4 is 17.3 Å². The lowest BCUT2D eigenvalue weighted by Crippen LogP contribution is -2.39. The van der Waals surface area contributed by atoms with E-state index in [0.717, 1.165) is 11.4 Å². The number of hydrogen-bond acceptors (Lipinski definition) is 2. The van der Waals surface area contributed by atoms with Gasteiger partial charge in [-0.3, -0.25) is 4.79 Å². The third-order valence-electron chi connectivity index (χ3n) is 3.34. The number of para-hydroxylation sites is 2. The summed E-state index contributed by atoms with van der Waals surface area (Å²) in [6.45, 7) is 0. The van der Waals surface area contributed by atoms with Gasteiger partial charge in [0, 0.05) is 17.8 Å². The largest absolute Gasteiger partial charge is 0.368 e. The third kappa shape index (κ3) is 1.64. The number of benzene rings is 2. The summed E-state index contributed by atoms with van der Waals surface area (Å²) in [4.78, 5) is 13.7. The van der Waals surface area contributed by atoms with Gasteiger partial charge >= 0.3 is 0 Å². The van der Waals surface area contributed by atoms with Crippen molar-refractivity contribution in [2.24, 2.45) is 5.73 Å². The monoisotopic (exact) mass is 238 g/mol. The van der Waals surface area contributed by atoms with Gasteiger partial charge in [-0.05, 0) is 23.8 Å². The average Bonchev–Trinajstić information content (AvgIpc) is 2.79. The highest BCUT2D eigenvalue weighted by molar-refractivity contribution is 5.90. The molecule has 2 aromatic rings. The second-order valence-electron chi connectivity index (χ2n) is 4.46. The van der Waals surface area contributed by atoms with Crippen LogP contribution in [-0.2, 0) is 11.2 Å². The van der Waals surface area contributed by atoms with Gasteiger partial charge < -0.3 is 10.6 Å². The average molecular weight is 238 g/mol. The van der Waals surface area contributed by atoms with Crippen molar-refractivity contribution in [2.45, 2.75) is 12.5 Å². The third-order valence-corrected chi connectivity index (χ3v) is 3.34. The molecule has 1 heterocycles. The highest BCUT2D eigenvalue weighted by Crippen LogP contribution is 2.37. The Balaban J connectivity index is 2.11. The number of fused-ring (bicyclic) bond motifs is 1. The number of amides is 1. The molecule has 3 rings (SSSR count). The topological polar surface area (TPSA) is 46.3 Å². The lowest BCUT2D eigenvalue weighted by Gasteiger charge is -2.25. The summed E-state index contributed by atoms with van der Waals surface area (Å²) in [6, 6.07) is 17.7. The van der Waals surface area contributed by atoms with Crippen molar-refractivity contribution in [1.29, 1.82) is 0 Å². The smallest absolute Gasteiger partial charge is 0.240 e. The van der Waals surface area contributed by atoms with Crippen molar-refractivity contribution in [3.8, 4) is 0 Å². The van der Waals surface area contributed by atoms with Gasteiger partial charge in [0.15, 0.2) is 0 Å². The van der Waals surface area contributed by atoms with Crippen LogP contribution in [0.15, 0.2) is 54.6 Å². The van der Waals surface area contributed by atoms with E-state index < -0.39 is 0 Å². The van der Waals surface area contributed by atoms with Crippen LogP contribution in [0.1, 0.15) is 5.56 Å². The van der Waals surface area contributed by atoms with Crippen LogP contribution in [0.5, 0.6) is 0 Å². The Hall–Kier alpha value is -2.29. The molecule has 0 saturated carbocycles. The highest BCUT2D eigenvalue weighted by atomic mass is 16.1. The molecule has 2 N–H and O–H groups in total. The summed E-state index contributed by atoms with van der Waals surface area (Å²) in [7, 11) is 0. The summed E-state index contributed by atoms with van der Waals surface area (Å²) >= 11 is 0. The lowest BCUT2D eigenvalue weighted by atomic mass is 10.1. The number of carbonyl (C=O) groups is 1. The zero-order valence-corrected chi connectivity index (χ0v) is 9.91. The molecule has 0 aliphatic carbocycles. The molecule has 3 heteroatoms. The molecule has 0 radical (unpaired) electrons. The molecule has 0 bridgehead atoms. The molecule has 1 atom stereocenters. The second kappa shape index (κ2) is 4.18. The quantitative estimate of drug-likeness (QED) is 0.872. The minimum Gasteiger partial charge on any atom is -0.368 e.